The molecule has 3 N–H and O–H groups in total. The SMILES string of the molecule is CCOCc1cnc(Nc2ccc(OCC(O)CN(C)C)cc2)nc1Nc1ccccc1. The smallest absolute Gasteiger partial charge is 0.229 e. The third-order valence-electron chi connectivity index (χ3n) is 4.49. The number of likely N-dealkylation sites (N-methyl/N-ethyl adjacent to an activating group) is 1. The lowest BCUT2D eigenvalue weighted by Gasteiger charge is -2.16. The molecule has 1 heterocycles. The average Bonchev–Trinajstić information content (AvgIpc) is 2.78. The summed E-state index contributed by atoms with van der Waals surface area (Å²) < 4.78 is 11.2. The maximum absolute atomic E-state index is 9.93. The number of aliphatic hydroxyl groups is 1. The second-order valence-corrected chi connectivity index (χ2v) is 7.57. The zero-order valence-electron chi connectivity index (χ0n) is 18.8. The van der Waals surface area contributed by atoms with E-state index in [-0.39, 0.29) is 6.61 Å². The van der Waals surface area contributed by atoms with Gasteiger partial charge in [-0.25, -0.2) is 4.98 Å². The van der Waals surface area contributed by atoms with Gasteiger partial charge in [0.2, 0.25) is 5.95 Å². The van der Waals surface area contributed by atoms with Gasteiger partial charge in [0.1, 0.15) is 24.3 Å². The van der Waals surface area contributed by atoms with Crippen molar-refractivity contribution in [2.24, 2.45) is 0 Å². The van der Waals surface area contributed by atoms with Crippen LogP contribution in [-0.2, 0) is 11.3 Å². The van der Waals surface area contributed by atoms with Gasteiger partial charge in [0.25, 0.3) is 0 Å². The number of anilines is 4. The standard InChI is InChI=1S/C24H31N5O3/c1-4-31-16-18-14-25-24(28-23(18)26-19-8-6-5-7-9-19)27-20-10-12-22(13-11-20)32-17-21(30)15-29(2)3/h5-14,21,30H,4,15-17H2,1-3H3,(H2,25,26,27,28). The molecule has 0 fully saturated rings. The molecule has 0 radical (unpaired) electrons. The maximum Gasteiger partial charge on any atom is 0.229 e. The van der Waals surface area contributed by atoms with Crippen LogP contribution in [0.15, 0.2) is 60.8 Å². The summed E-state index contributed by atoms with van der Waals surface area (Å²) in [6, 6.07) is 17.3. The number of nitrogens with zero attached hydrogens (tertiary/aromatic N) is 3. The molecule has 0 amide bonds. The summed E-state index contributed by atoms with van der Waals surface area (Å²) in [4.78, 5) is 11.0. The molecule has 0 saturated heterocycles. The lowest BCUT2D eigenvalue weighted by molar-refractivity contribution is 0.0831. The number of hydrogen-bond donors (Lipinski definition) is 3. The topological polar surface area (TPSA) is 91.8 Å². The fraction of sp³-hybridized carbons (Fsp3) is 0.333. The van der Waals surface area contributed by atoms with Crippen LogP contribution in [-0.4, -0.2) is 59.9 Å². The monoisotopic (exact) mass is 437 g/mol. The molecule has 0 saturated carbocycles. The van der Waals surface area contributed by atoms with Crippen LogP contribution in [0, 0.1) is 0 Å². The van der Waals surface area contributed by atoms with Crippen molar-refractivity contribution in [2.45, 2.75) is 19.6 Å². The molecule has 0 aliphatic rings. The molecule has 3 aromatic rings. The van der Waals surface area contributed by atoms with E-state index in [2.05, 4.69) is 20.6 Å². The Hall–Kier alpha value is -3.20. The van der Waals surface area contributed by atoms with Crippen molar-refractivity contribution in [1.29, 1.82) is 0 Å². The molecule has 0 aliphatic carbocycles. The minimum atomic E-state index is -0.540. The quantitative estimate of drug-likeness (QED) is 0.394. The van der Waals surface area contributed by atoms with Crippen LogP contribution < -0.4 is 15.4 Å². The number of para-hydroxylation sites is 1. The molecule has 8 heteroatoms. The van der Waals surface area contributed by atoms with Crippen molar-refractivity contribution >= 4 is 23.1 Å². The highest BCUT2D eigenvalue weighted by atomic mass is 16.5. The lowest BCUT2D eigenvalue weighted by Crippen LogP contribution is -2.30. The van der Waals surface area contributed by atoms with Crippen molar-refractivity contribution in [3.63, 3.8) is 0 Å². The summed E-state index contributed by atoms with van der Waals surface area (Å²) in [6.07, 6.45) is 1.22. The summed E-state index contributed by atoms with van der Waals surface area (Å²) in [5.74, 6) is 1.85. The zero-order chi connectivity index (χ0) is 22.8. The number of hydrogen-bond acceptors (Lipinski definition) is 8. The van der Waals surface area contributed by atoms with Gasteiger partial charge in [-0.15, -0.1) is 0 Å². The average molecular weight is 438 g/mol. The van der Waals surface area contributed by atoms with E-state index in [9.17, 15) is 5.11 Å². The molecule has 8 nitrogen and oxygen atoms in total. The maximum atomic E-state index is 9.93. The van der Waals surface area contributed by atoms with Crippen molar-refractivity contribution < 1.29 is 14.6 Å². The van der Waals surface area contributed by atoms with Crippen molar-refractivity contribution in [1.82, 2.24) is 14.9 Å². The summed E-state index contributed by atoms with van der Waals surface area (Å²) in [5.41, 5.74) is 2.64. The fourth-order valence-corrected chi connectivity index (χ4v) is 2.98. The molecule has 0 bridgehead atoms. The van der Waals surface area contributed by atoms with Gasteiger partial charge in [-0.3, -0.25) is 0 Å². The predicted octanol–water partition coefficient (Wildman–Crippen LogP) is 3.80. The van der Waals surface area contributed by atoms with Gasteiger partial charge in [-0.2, -0.15) is 4.98 Å². The molecule has 1 aromatic heterocycles. The van der Waals surface area contributed by atoms with E-state index in [0.29, 0.717) is 37.3 Å². The molecular weight excluding hydrogens is 406 g/mol. The number of benzene rings is 2. The van der Waals surface area contributed by atoms with E-state index in [1.165, 1.54) is 0 Å². The number of ether oxygens (including phenoxy) is 2. The van der Waals surface area contributed by atoms with Gasteiger partial charge >= 0.3 is 0 Å². The first kappa shape index (κ1) is 23.5. The molecule has 1 unspecified atom stereocenters. The van der Waals surface area contributed by atoms with Crippen molar-refractivity contribution in [2.75, 3.05) is 44.5 Å². The van der Waals surface area contributed by atoms with Crippen LogP contribution in [0.3, 0.4) is 0 Å². The number of aromatic nitrogens is 2. The zero-order valence-corrected chi connectivity index (χ0v) is 18.8. The largest absolute Gasteiger partial charge is 0.491 e. The van der Waals surface area contributed by atoms with E-state index >= 15 is 0 Å². The first-order valence-corrected chi connectivity index (χ1v) is 10.6. The van der Waals surface area contributed by atoms with E-state index in [1.807, 2.05) is 80.5 Å². The third-order valence-corrected chi connectivity index (χ3v) is 4.49. The highest BCUT2D eigenvalue weighted by Crippen LogP contribution is 2.23. The van der Waals surface area contributed by atoms with Crippen LogP contribution >= 0.6 is 0 Å². The Morgan fingerprint density at radius 2 is 1.72 bits per heavy atom. The Morgan fingerprint density at radius 3 is 2.41 bits per heavy atom. The van der Waals surface area contributed by atoms with Crippen LogP contribution in [0.25, 0.3) is 0 Å². The summed E-state index contributed by atoms with van der Waals surface area (Å²) in [5, 5.41) is 16.5. The number of rotatable bonds is 12. The van der Waals surface area contributed by atoms with Gasteiger partial charge < -0.3 is 30.1 Å². The van der Waals surface area contributed by atoms with Gasteiger partial charge in [0, 0.05) is 36.3 Å². The number of aliphatic hydroxyl groups excluding tert-OH is 1. The highest BCUT2D eigenvalue weighted by molar-refractivity contribution is 5.62. The van der Waals surface area contributed by atoms with E-state index in [4.69, 9.17) is 9.47 Å². The van der Waals surface area contributed by atoms with Crippen LogP contribution in [0.2, 0.25) is 0 Å². The minimum Gasteiger partial charge on any atom is -0.491 e. The molecule has 3 rings (SSSR count). The van der Waals surface area contributed by atoms with E-state index < -0.39 is 6.10 Å². The molecular formula is C24H31N5O3. The van der Waals surface area contributed by atoms with Crippen LogP contribution in [0.4, 0.5) is 23.1 Å². The van der Waals surface area contributed by atoms with Gasteiger partial charge in [-0.05, 0) is 57.4 Å². The van der Waals surface area contributed by atoms with E-state index in [1.54, 1.807) is 6.20 Å². The lowest BCUT2D eigenvalue weighted by atomic mass is 10.3. The Morgan fingerprint density at radius 1 is 1.00 bits per heavy atom. The highest BCUT2D eigenvalue weighted by Gasteiger charge is 2.10. The Bertz CT molecular complexity index is 952. The van der Waals surface area contributed by atoms with Crippen LogP contribution in [0.1, 0.15) is 12.5 Å². The molecule has 32 heavy (non-hydrogen) atoms. The van der Waals surface area contributed by atoms with Gasteiger partial charge in [0.05, 0.1) is 6.61 Å². The Balaban J connectivity index is 1.66. The summed E-state index contributed by atoms with van der Waals surface area (Å²) in [7, 11) is 3.83. The fourth-order valence-electron chi connectivity index (χ4n) is 2.98. The first-order valence-electron chi connectivity index (χ1n) is 10.6. The molecule has 1 atom stereocenters. The molecule has 170 valence electrons. The molecule has 0 spiro atoms. The second-order valence-electron chi connectivity index (χ2n) is 7.57. The molecule has 2 aromatic carbocycles. The second kappa shape index (κ2) is 12.0. The summed E-state index contributed by atoms with van der Waals surface area (Å²) in [6.45, 7) is 3.79. The minimum absolute atomic E-state index is 0.240. The molecule has 0 aliphatic heterocycles. The van der Waals surface area contributed by atoms with Crippen molar-refractivity contribution in [3.05, 3.63) is 66.4 Å². The summed E-state index contributed by atoms with van der Waals surface area (Å²) >= 11 is 0. The van der Waals surface area contributed by atoms with E-state index in [0.717, 1.165) is 16.9 Å². The number of nitrogens with one attached hydrogen (secondary N) is 2. The first-order chi connectivity index (χ1) is 15.5. The third kappa shape index (κ3) is 7.49. The predicted molar refractivity (Wildman–Crippen MR) is 127 cm³/mol. The van der Waals surface area contributed by atoms with Crippen molar-refractivity contribution in [3.8, 4) is 5.75 Å². The van der Waals surface area contributed by atoms with Crippen LogP contribution in [0.5, 0.6) is 5.75 Å². The van der Waals surface area contributed by atoms with Gasteiger partial charge in [-0.1, -0.05) is 18.2 Å². The van der Waals surface area contributed by atoms with Gasteiger partial charge in [0.15, 0.2) is 0 Å². The Kier molecular flexibility index (Phi) is 8.79. The normalized spacial score (nSPS) is 11.9. The Labute approximate surface area is 189 Å².